The van der Waals surface area contributed by atoms with Crippen LogP contribution in [0.1, 0.15) is 38.5 Å². The van der Waals surface area contributed by atoms with Crippen LogP contribution < -0.4 is 0 Å². The van der Waals surface area contributed by atoms with Crippen molar-refractivity contribution in [3.05, 3.63) is 41.9 Å². The summed E-state index contributed by atoms with van der Waals surface area (Å²) in [6.45, 7) is 0. The SMILES string of the molecule is O=C(CSc1n[nH]c(-c2ccccc2F)n1)N(C1=CCCCC1)C1CC1. The highest BCUT2D eigenvalue weighted by Gasteiger charge is 2.35. The molecule has 5 nitrogen and oxygen atoms in total. The number of nitrogens with one attached hydrogen (secondary N) is 1. The summed E-state index contributed by atoms with van der Waals surface area (Å²) in [7, 11) is 0. The molecule has 2 aliphatic rings. The molecular formula is C19H21FN4OS. The third kappa shape index (κ3) is 3.82. The Hall–Kier alpha value is -2.15. The van der Waals surface area contributed by atoms with Crippen molar-refractivity contribution in [1.29, 1.82) is 0 Å². The Balaban J connectivity index is 1.41. The average Bonchev–Trinajstić information content (AvgIpc) is 3.38. The van der Waals surface area contributed by atoms with Crippen LogP contribution in [0.25, 0.3) is 11.4 Å². The third-order valence-corrected chi connectivity index (χ3v) is 5.51. The molecule has 7 heteroatoms. The quantitative estimate of drug-likeness (QED) is 0.774. The Bertz CT molecular complexity index is 830. The van der Waals surface area contributed by atoms with Crippen LogP contribution in [0.4, 0.5) is 4.39 Å². The number of amides is 1. The van der Waals surface area contributed by atoms with Gasteiger partial charge in [-0.05, 0) is 50.7 Å². The van der Waals surface area contributed by atoms with E-state index in [9.17, 15) is 9.18 Å². The molecule has 2 aliphatic carbocycles. The van der Waals surface area contributed by atoms with Crippen molar-refractivity contribution in [3.63, 3.8) is 0 Å². The smallest absolute Gasteiger partial charge is 0.237 e. The van der Waals surface area contributed by atoms with E-state index in [4.69, 9.17) is 0 Å². The standard InChI is InChI=1S/C19H21FN4OS/c20-16-9-5-4-8-15(16)18-21-19(23-22-18)26-12-17(25)24(14-10-11-14)13-6-2-1-3-7-13/h4-6,8-9,14H,1-3,7,10-12H2,(H,21,22,23). The van der Waals surface area contributed by atoms with Crippen molar-refractivity contribution >= 4 is 17.7 Å². The Morgan fingerprint density at radius 2 is 2.15 bits per heavy atom. The summed E-state index contributed by atoms with van der Waals surface area (Å²) < 4.78 is 13.8. The zero-order chi connectivity index (χ0) is 17.9. The number of hydrogen-bond acceptors (Lipinski definition) is 4. The maximum Gasteiger partial charge on any atom is 0.237 e. The largest absolute Gasteiger partial charge is 0.313 e. The third-order valence-electron chi connectivity index (χ3n) is 4.68. The number of aromatic nitrogens is 3. The molecule has 1 saturated carbocycles. The van der Waals surface area contributed by atoms with E-state index in [1.165, 1.54) is 29.9 Å². The number of carbonyl (C=O) groups is 1. The van der Waals surface area contributed by atoms with Crippen LogP contribution in [0.5, 0.6) is 0 Å². The fourth-order valence-electron chi connectivity index (χ4n) is 3.25. The maximum absolute atomic E-state index is 13.8. The van der Waals surface area contributed by atoms with E-state index in [-0.39, 0.29) is 11.7 Å². The molecule has 1 aromatic carbocycles. The molecule has 1 aromatic heterocycles. The van der Waals surface area contributed by atoms with Gasteiger partial charge in [-0.3, -0.25) is 9.89 Å². The van der Waals surface area contributed by atoms with Gasteiger partial charge in [0.2, 0.25) is 11.1 Å². The van der Waals surface area contributed by atoms with Gasteiger partial charge in [-0.25, -0.2) is 9.37 Å². The second-order valence-corrected chi connectivity index (χ2v) is 7.61. The van der Waals surface area contributed by atoms with Gasteiger partial charge in [-0.1, -0.05) is 30.0 Å². The van der Waals surface area contributed by atoms with E-state index < -0.39 is 0 Å². The Morgan fingerprint density at radius 3 is 2.88 bits per heavy atom. The van der Waals surface area contributed by atoms with E-state index in [2.05, 4.69) is 21.3 Å². The molecule has 1 N–H and O–H groups in total. The van der Waals surface area contributed by atoms with Gasteiger partial charge < -0.3 is 4.90 Å². The van der Waals surface area contributed by atoms with Gasteiger partial charge in [0.15, 0.2) is 5.82 Å². The number of aromatic amines is 1. The lowest BCUT2D eigenvalue weighted by Gasteiger charge is -2.27. The van der Waals surface area contributed by atoms with E-state index in [0.717, 1.165) is 32.1 Å². The molecule has 4 rings (SSSR count). The topological polar surface area (TPSA) is 61.9 Å². The number of carbonyl (C=O) groups excluding carboxylic acids is 1. The normalized spacial score (nSPS) is 17.0. The molecule has 0 aliphatic heterocycles. The van der Waals surface area contributed by atoms with E-state index in [0.29, 0.717) is 28.3 Å². The second kappa shape index (κ2) is 7.61. The van der Waals surface area contributed by atoms with Gasteiger partial charge in [0.1, 0.15) is 5.82 Å². The number of rotatable bonds is 6. The zero-order valence-corrected chi connectivity index (χ0v) is 15.3. The summed E-state index contributed by atoms with van der Waals surface area (Å²) in [6, 6.07) is 6.80. The molecule has 1 heterocycles. The summed E-state index contributed by atoms with van der Waals surface area (Å²) >= 11 is 1.29. The van der Waals surface area contributed by atoms with Crippen molar-refractivity contribution in [2.75, 3.05) is 5.75 Å². The molecule has 136 valence electrons. The van der Waals surface area contributed by atoms with Gasteiger partial charge in [-0.15, -0.1) is 5.10 Å². The van der Waals surface area contributed by atoms with Gasteiger partial charge in [0.25, 0.3) is 0 Å². The van der Waals surface area contributed by atoms with Crippen molar-refractivity contribution < 1.29 is 9.18 Å². The number of halogens is 1. The van der Waals surface area contributed by atoms with E-state index >= 15 is 0 Å². The van der Waals surface area contributed by atoms with Gasteiger partial charge in [0, 0.05) is 11.7 Å². The number of thioether (sulfide) groups is 1. The molecule has 0 unspecified atom stereocenters. The summed E-state index contributed by atoms with van der Waals surface area (Å²) in [5, 5.41) is 7.33. The van der Waals surface area contributed by atoms with Crippen LogP contribution in [-0.2, 0) is 4.79 Å². The van der Waals surface area contributed by atoms with Crippen molar-refractivity contribution in [1.82, 2.24) is 20.1 Å². The minimum atomic E-state index is -0.347. The molecule has 26 heavy (non-hydrogen) atoms. The molecule has 0 radical (unpaired) electrons. The fourth-order valence-corrected chi connectivity index (χ4v) is 3.91. The van der Waals surface area contributed by atoms with Crippen LogP contribution in [0, 0.1) is 5.82 Å². The summed E-state index contributed by atoms with van der Waals surface area (Å²) in [6.07, 6.45) is 8.81. The van der Waals surface area contributed by atoms with Crippen LogP contribution in [-0.4, -0.2) is 37.8 Å². The number of benzene rings is 1. The first-order valence-corrected chi connectivity index (χ1v) is 10.0. The molecule has 1 amide bonds. The monoisotopic (exact) mass is 372 g/mol. The lowest BCUT2D eigenvalue weighted by atomic mass is 10.0. The Kier molecular flexibility index (Phi) is 5.06. The highest BCUT2D eigenvalue weighted by atomic mass is 32.2. The average molecular weight is 372 g/mol. The van der Waals surface area contributed by atoms with E-state index in [1.807, 2.05) is 4.90 Å². The zero-order valence-electron chi connectivity index (χ0n) is 14.4. The number of nitrogens with zero attached hydrogens (tertiary/aromatic N) is 3. The van der Waals surface area contributed by atoms with Crippen LogP contribution >= 0.6 is 11.8 Å². The first kappa shape index (κ1) is 17.3. The number of H-pyrrole nitrogens is 1. The molecule has 0 saturated heterocycles. The number of allylic oxidation sites excluding steroid dienone is 2. The predicted octanol–water partition coefficient (Wildman–Crippen LogP) is 4.15. The van der Waals surface area contributed by atoms with Crippen molar-refractivity contribution in [2.24, 2.45) is 0 Å². The van der Waals surface area contributed by atoms with Gasteiger partial charge >= 0.3 is 0 Å². The minimum absolute atomic E-state index is 0.114. The summed E-state index contributed by atoms with van der Waals surface area (Å²) in [5.74, 6) is 0.443. The van der Waals surface area contributed by atoms with Crippen molar-refractivity contribution in [2.45, 2.75) is 49.7 Å². The molecular weight excluding hydrogens is 351 g/mol. The lowest BCUT2D eigenvalue weighted by Crippen LogP contribution is -2.34. The molecule has 0 bridgehead atoms. The van der Waals surface area contributed by atoms with E-state index in [1.54, 1.807) is 18.2 Å². The summed E-state index contributed by atoms with van der Waals surface area (Å²) in [5.41, 5.74) is 1.57. The number of hydrogen-bond donors (Lipinski definition) is 1. The molecule has 2 aromatic rings. The predicted molar refractivity (Wildman–Crippen MR) is 98.9 cm³/mol. The molecule has 1 fully saturated rings. The first-order chi connectivity index (χ1) is 12.7. The highest BCUT2D eigenvalue weighted by molar-refractivity contribution is 7.99. The Labute approximate surface area is 156 Å². The molecule has 0 atom stereocenters. The lowest BCUT2D eigenvalue weighted by molar-refractivity contribution is -0.127. The summed E-state index contributed by atoms with van der Waals surface area (Å²) in [4.78, 5) is 19.1. The van der Waals surface area contributed by atoms with Crippen LogP contribution in [0.15, 0.2) is 41.2 Å². The Morgan fingerprint density at radius 1 is 1.31 bits per heavy atom. The first-order valence-electron chi connectivity index (χ1n) is 9.03. The van der Waals surface area contributed by atoms with Crippen molar-refractivity contribution in [3.8, 4) is 11.4 Å². The van der Waals surface area contributed by atoms with Gasteiger partial charge in [0.05, 0.1) is 11.3 Å². The maximum atomic E-state index is 13.8. The fraction of sp³-hybridized carbons (Fsp3) is 0.421. The second-order valence-electron chi connectivity index (χ2n) is 6.67. The van der Waals surface area contributed by atoms with Crippen LogP contribution in [0.2, 0.25) is 0 Å². The molecule has 0 spiro atoms. The minimum Gasteiger partial charge on any atom is -0.313 e. The van der Waals surface area contributed by atoms with Crippen LogP contribution in [0.3, 0.4) is 0 Å². The van der Waals surface area contributed by atoms with Gasteiger partial charge in [-0.2, -0.15) is 0 Å². The highest BCUT2D eigenvalue weighted by Crippen LogP contribution is 2.34.